The number of hydrogen-bond acceptors (Lipinski definition) is 5. The number of amides is 2. The van der Waals surface area contributed by atoms with Gasteiger partial charge in [0.25, 0.3) is 5.91 Å². The summed E-state index contributed by atoms with van der Waals surface area (Å²) in [5.41, 5.74) is 1.55. The van der Waals surface area contributed by atoms with Crippen LogP contribution >= 0.6 is 0 Å². The predicted molar refractivity (Wildman–Crippen MR) is 110 cm³/mol. The number of ether oxygens (including phenoxy) is 3. The topological polar surface area (TPSA) is 68.3 Å². The van der Waals surface area contributed by atoms with Crippen molar-refractivity contribution in [3.8, 4) is 17.2 Å². The SMILES string of the molecule is COc1cccc(CN(C)C(=O)CCN2C(=O)C(C)Oc3ccccc32)c1OC. The van der Waals surface area contributed by atoms with Gasteiger partial charge < -0.3 is 24.0 Å². The van der Waals surface area contributed by atoms with Gasteiger partial charge in [-0.05, 0) is 25.1 Å². The maximum absolute atomic E-state index is 12.7. The molecule has 0 N–H and O–H groups in total. The van der Waals surface area contributed by atoms with E-state index in [1.165, 1.54) is 0 Å². The Bertz CT molecular complexity index is 899. The van der Waals surface area contributed by atoms with Crippen LogP contribution in [0.3, 0.4) is 0 Å². The normalized spacial score (nSPS) is 15.4. The highest BCUT2D eigenvalue weighted by molar-refractivity contribution is 6.00. The Morgan fingerprint density at radius 2 is 1.90 bits per heavy atom. The van der Waals surface area contributed by atoms with Crippen LogP contribution in [0.15, 0.2) is 42.5 Å². The number of carbonyl (C=O) groups is 2. The first-order chi connectivity index (χ1) is 14.0. The zero-order valence-electron chi connectivity index (χ0n) is 17.2. The van der Waals surface area contributed by atoms with Crippen LogP contribution in [0.2, 0.25) is 0 Å². The lowest BCUT2D eigenvalue weighted by Crippen LogP contribution is -2.45. The molecule has 1 unspecified atom stereocenters. The van der Waals surface area contributed by atoms with E-state index in [4.69, 9.17) is 14.2 Å². The van der Waals surface area contributed by atoms with Crippen LogP contribution in [0.25, 0.3) is 0 Å². The molecule has 0 saturated carbocycles. The average Bonchev–Trinajstić information content (AvgIpc) is 2.73. The molecule has 0 bridgehead atoms. The first-order valence-electron chi connectivity index (χ1n) is 9.47. The van der Waals surface area contributed by atoms with Crippen LogP contribution in [-0.2, 0) is 16.1 Å². The summed E-state index contributed by atoms with van der Waals surface area (Å²) in [5.74, 6) is 1.67. The number of para-hydroxylation sites is 3. The van der Waals surface area contributed by atoms with Gasteiger partial charge in [0.05, 0.1) is 19.9 Å². The molecule has 1 aliphatic heterocycles. The first-order valence-corrected chi connectivity index (χ1v) is 9.47. The molecule has 0 saturated heterocycles. The molecule has 0 fully saturated rings. The molecule has 7 heteroatoms. The number of carbonyl (C=O) groups excluding carboxylic acids is 2. The van der Waals surface area contributed by atoms with Crippen LogP contribution in [0.1, 0.15) is 18.9 Å². The van der Waals surface area contributed by atoms with Crippen molar-refractivity contribution in [1.82, 2.24) is 4.90 Å². The zero-order chi connectivity index (χ0) is 21.0. The van der Waals surface area contributed by atoms with Gasteiger partial charge in [0.15, 0.2) is 17.6 Å². The van der Waals surface area contributed by atoms with Crippen LogP contribution in [0.4, 0.5) is 5.69 Å². The van der Waals surface area contributed by atoms with Gasteiger partial charge in [-0.1, -0.05) is 24.3 Å². The number of hydrogen-bond donors (Lipinski definition) is 0. The lowest BCUT2D eigenvalue weighted by Gasteiger charge is -2.33. The number of fused-ring (bicyclic) bond motifs is 1. The Morgan fingerprint density at radius 1 is 1.14 bits per heavy atom. The molecule has 154 valence electrons. The Hall–Kier alpha value is -3.22. The standard InChI is InChI=1S/C22H26N2O5/c1-15-22(26)24(17-9-5-6-10-18(17)29-15)13-12-20(25)23(2)14-16-8-7-11-19(27-3)21(16)28-4/h5-11,15H,12-14H2,1-4H3. The average molecular weight is 398 g/mol. The van der Waals surface area contributed by atoms with Crippen LogP contribution < -0.4 is 19.1 Å². The van der Waals surface area contributed by atoms with Gasteiger partial charge in [0.1, 0.15) is 5.75 Å². The maximum atomic E-state index is 12.7. The maximum Gasteiger partial charge on any atom is 0.267 e. The van der Waals surface area contributed by atoms with Crippen LogP contribution in [0.5, 0.6) is 17.2 Å². The van der Waals surface area contributed by atoms with Crippen molar-refractivity contribution in [2.45, 2.75) is 26.0 Å². The highest BCUT2D eigenvalue weighted by Gasteiger charge is 2.31. The second-order valence-corrected chi connectivity index (χ2v) is 6.87. The summed E-state index contributed by atoms with van der Waals surface area (Å²) in [6.07, 6.45) is -0.367. The van der Waals surface area contributed by atoms with Crippen LogP contribution in [0, 0.1) is 0 Å². The largest absolute Gasteiger partial charge is 0.493 e. The van der Waals surface area contributed by atoms with Gasteiger partial charge in [0, 0.05) is 32.1 Å². The third-order valence-electron chi connectivity index (χ3n) is 4.94. The lowest BCUT2D eigenvalue weighted by molar-refractivity contribution is -0.130. The molecule has 2 amide bonds. The van der Waals surface area contributed by atoms with Gasteiger partial charge in [0.2, 0.25) is 5.91 Å². The number of anilines is 1. The third-order valence-corrected chi connectivity index (χ3v) is 4.94. The summed E-state index contributed by atoms with van der Waals surface area (Å²) in [6.45, 7) is 2.39. The number of benzene rings is 2. The molecule has 0 radical (unpaired) electrons. The Balaban J connectivity index is 1.68. The van der Waals surface area contributed by atoms with Crippen molar-refractivity contribution in [3.63, 3.8) is 0 Å². The quantitative estimate of drug-likeness (QED) is 0.717. The Labute approximate surface area is 170 Å². The van der Waals surface area contributed by atoms with Gasteiger partial charge in [-0.25, -0.2) is 0 Å². The van der Waals surface area contributed by atoms with Crippen molar-refractivity contribution in [2.75, 3.05) is 32.7 Å². The number of rotatable bonds is 7. The molecule has 2 aromatic carbocycles. The molecular formula is C22H26N2O5. The van der Waals surface area contributed by atoms with Gasteiger partial charge in [-0.3, -0.25) is 9.59 Å². The molecule has 2 aromatic rings. The molecule has 7 nitrogen and oxygen atoms in total. The van der Waals surface area contributed by atoms with Crippen LogP contribution in [-0.4, -0.2) is 50.6 Å². The van der Waals surface area contributed by atoms with E-state index >= 15 is 0 Å². The molecule has 29 heavy (non-hydrogen) atoms. The highest BCUT2D eigenvalue weighted by Crippen LogP contribution is 2.34. The molecule has 0 spiro atoms. The van der Waals surface area contributed by atoms with E-state index in [9.17, 15) is 9.59 Å². The Kier molecular flexibility index (Phi) is 6.26. The summed E-state index contributed by atoms with van der Waals surface area (Å²) < 4.78 is 16.4. The minimum absolute atomic E-state index is 0.0701. The van der Waals surface area contributed by atoms with Crippen molar-refractivity contribution in [3.05, 3.63) is 48.0 Å². The van der Waals surface area contributed by atoms with Gasteiger partial charge in [-0.15, -0.1) is 0 Å². The molecule has 1 atom stereocenters. The first kappa shape index (κ1) is 20.5. The molecule has 3 rings (SSSR count). The van der Waals surface area contributed by atoms with E-state index in [0.29, 0.717) is 36.0 Å². The fraction of sp³-hybridized carbons (Fsp3) is 0.364. The summed E-state index contributed by atoms with van der Waals surface area (Å²) in [4.78, 5) is 28.5. The van der Waals surface area contributed by atoms with E-state index in [1.54, 1.807) is 38.0 Å². The molecular weight excluding hydrogens is 372 g/mol. The smallest absolute Gasteiger partial charge is 0.267 e. The number of nitrogens with zero attached hydrogens (tertiary/aromatic N) is 2. The van der Waals surface area contributed by atoms with Crippen molar-refractivity contribution in [1.29, 1.82) is 0 Å². The summed E-state index contributed by atoms with van der Waals surface area (Å²) in [6, 6.07) is 12.9. The van der Waals surface area contributed by atoms with Gasteiger partial charge in [-0.2, -0.15) is 0 Å². The van der Waals surface area contributed by atoms with Crippen molar-refractivity contribution in [2.24, 2.45) is 0 Å². The van der Waals surface area contributed by atoms with E-state index < -0.39 is 6.10 Å². The van der Waals surface area contributed by atoms with Crippen molar-refractivity contribution < 1.29 is 23.8 Å². The minimum atomic E-state index is -0.571. The van der Waals surface area contributed by atoms with Gasteiger partial charge >= 0.3 is 0 Å². The molecule has 1 aliphatic rings. The second kappa shape index (κ2) is 8.86. The summed E-state index contributed by atoms with van der Waals surface area (Å²) in [7, 11) is 4.89. The lowest BCUT2D eigenvalue weighted by atomic mass is 10.1. The second-order valence-electron chi connectivity index (χ2n) is 6.87. The molecule has 1 heterocycles. The third kappa shape index (κ3) is 4.29. The van der Waals surface area contributed by atoms with E-state index in [0.717, 1.165) is 5.56 Å². The molecule has 0 aliphatic carbocycles. The number of methoxy groups -OCH3 is 2. The highest BCUT2D eigenvalue weighted by atomic mass is 16.5. The fourth-order valence-electron chi connectivity index (χ4n) is 3.41. The fourth-order valence-corrected chi connectivity index (χ4v) is 3.41. The molecule has 0 aromatic heterocycles. The predicted octanol–water partition coefficient (Wildman–Crippen LogP) is 2.87. The van der Waals surface area contributed by atoms with E-state index in [1.807, 2.05) is 42.5 Å². The zero-order valence-corrected chi connectivity index (χ0v) is 17.2. The van der Waals surface area contributed by atoms with E-state index in [2.05, 4.69) is 0 Å². The monoisotopic (exact) mass is 398 g/mol. The summed E-state index contributed by atoms with van der Waals surface area (Å²) >= 11 is 0. The minimum Gasteiger partial charge on any atom is -0.493 e. The van der Waals surface area contributed by atoms with E-state index in [-0.39, 0.29) is 18.2 Å². The Morgan fingerprint density at radius 3 is 2.62 bits per heavy atom. The van der Waals surface area contributed by atoms with Crippen molar-refractivity contribution >= 4 is 17.5 Å². The summed E-state index contributed by atoms with van der Waals surface area (Å²) in [5, 5.41) is 0.